The predicted octanol–water partition coefficient (Wildman–Crippen LogP) is 4.98. The Hall–Kier alpha value is -2.40. The monoisotopic (exact) mass is 423 g/mol. The summed E-state index contributed by atoms with van der Waals surface area (Å²) in [5.41, 5.74) is 1.81. The molecule has 1 aliphatic rings. The Morgan fingerprint density at radius 1 is 1.16 bits per heavy atom. The second-order valence-corrected chi connectivity index (χ2v) is 9.88. The molecule has 0 aliphatic carbocycles. The van der Waals surface area contributed by atoms with E-state index in [1.165, 1.54) is 5.56 Å². The zero-order valence-electron chi connectivity index (χ0n) is 19.6. The summed E-state index contributed by atoms with van der Waals surface area (Å²) in [7, 11) is 0. The highest BCUT2D eigenvalue weighted by Crippen LogP contribution is 2.32. The molecule has 2 heterocycles. The molecule has 1 saturated heterocycles. The molecule has 1 aromatic carbocycles. The molecule has 1 amide bonds. The van der Waals surface area contributed by atoms with Gasteiger partial charge in [-0.2, -0.15) is 0 Å². The van der Waals surface area contributed by atoms with Crippen LogP contribution in [0.3, 0.4) is 0 Å². The third-order valence-electron chi connectivity index (χ3n) is 5.75. The van der Waals surface area contributed by atoms with E-state index in [1.54, 1.807) is 0 Å². The van der Waals surface area contributed by atoms with Gasteiger partial charge < -0.3 is 10.1 Å². The van der Waals surface area contributed by atoms with Crippen LogP contribution in [0.25, 0.3) is 0 Å². The number of pyridine rings is 1. The molecule has 1 N–H and O–H groups in total. The summed E-state index contributed by atoms with van der Waals surface area (Å²) >= 11 is 0. The number of likely N-dealkylation sites (tertiary alicyclic amines) is 1. The summed E-state index contributed by atoms with van der Waals surface area (Å²) in [5.74, 6) is 1.39. The van der Waals surface area contributed by atoms with Crippen molar-refractivity contribution in [3.05, 3.63) is 59.9 Å². The van der Waals surface area contributed by atoms with Gasteiger partial charge in [-0.05, 0) is 75.5 Å². The maximum Gasteiger partial charge on any atom is 0.225 e. The molecular weight excluding hydrogens is 386 g/mol. The summed E-state index contributed by atoms with van der Waals surface area (Å²) in [5, 5.41) is 3.30. The van der Waals surface area contributed by atoms with Crippen molar-refractivity contribution in [3.8, 4) is 5.75 Å². The average Bonchev–Trinajstić information content (AvgIpc) is 2.72. The van der Waals surface area contributed by atoms with Crippen LogP contribution in [0.15, 0.2) is 48.7 Å². The van der Waals surface area contributed by atoms with Gasteiger partial charge in [-0.3, -0.25) is 14.7 Å². The fraction of sp³-hybridized carbons (Fsp3) is 0.538. The molecule has 0 saturated carbocycles. The second-order valence-electron chi connectivity index (χ2n) is 9.88. The topological polar surface area (TPSA) is 54.5 Å². The van der Waals surface area contributed by atoms with Crippen LogP contribution in [0.1, 0.15) is 64.8 Å². The summed E-state index contributed by atoms with van der Waals surface area (Å²) < 4.78 is 5.84. The summed E-state index contributed by atoms with van der Waals surface area (Å²) in [6.45, 7) is 12.9. The lowest BCUT2D eigenvalue weighted by Gasteiger charge is -2.37. The van der Waals surface area contributed by atoms with Gasteiger partial charge in [0, 0.05) is 18.2 Å². The average molecular weight is 424 g/mol. The summed E-state index contributed by atoms with van der Waals surface area (Å²) in [6, 6.07) is 14.3. The van der Waals surface area contributed by atoms with Crippen molar-refractivity contribution in [3.63, 3.8) is 0 Å². The van der Waals surface area contributed by atoms with Crippen LogP contribution in [0, 0.1) is 11.3 Å². The first-order valence-electron chi connectivity index (χ1n) is 11.4. The van der Waals surface area contributed by atoms with Gasteiger partial charge in [0.15, 0.2) is 0 Å². The quantitative estimate of drug-likeness (QED) is 0.682. The molecule has 2 aromatic rings. The predicted molar refractivity (Wildman–Crippen MR) is 125 cm³/mol. The molecular formula is C26H37N3O2. The first-order valence-corrected chi connectivity index (χ1v) is 11.4. The van der Waals surface area contributed by atoms with Crippen molar-refractivity contribution in [2.75, 3.05) is 13.1 Å². The van der Waals surface area contributed by atoms with Gasteiger partial charge in [0.05, 0.1) is 17.8 Å². The second kappa shape index (κ2) is 10.3. The molecule has 1 atom stereocenters. The van der Waals surface area contributed by atoms with E-state index in [9.17, 15) is 4.79 Å². The maximum atomic E-state index is 12.7. The first kappa shape index (κ1) is 23.3. The van der Waals surface area contributed by atoms with Crippen molar-refractivity contribution >= 4 is 5.91 Å². The van der Waals surface area contributed by atoms with Gasteiger partial charge >= 0.3 is 0 Å². The lowest BCUT2D eigenvalue weighted by atomic mass is 9.85. The van der Waals surface area contributed by atoms with Gasteiger partial charge in [0.2, 0.25) is 5.91 Å². The van der Waals surface area contributed by atoms with E-state index in [2.05, 4.69) is 33.4 Å². The SMILES string of the molecule is CC(C)Oc1cccc(CN2CCC(C(NC(=O)C(C)(C)C)c3ccccn3)CC2)c1. The molecule has 1 aromatic heterocycles. The zero-order chi connectivity index (χ0) is 22.4. The Morgan fingerprint density at radius 3 is 2.52 bits per heavy atom. The number of hydrogen-bond donors (Lipinski definition) is 1. The number of benzene rings is 1. The van der Waals surface area contributed by atoms with Crippen LogP contribution in [-0.2, 0) is 11.3 Å². The van der Waals surface area contributed by atoms with E-state index in [4.69, 9.17) is 4.74 Å². The molecule has 1 aliphatic heterocycles. The molecule has 0 bridgehead atoms. The van der Waals surface area contributed by atoms with E-state index < -0.39 is 5.41 Å². The number of amides is 1. The smallest absolute Gasteiger partial charge is 0.225 e. The van der Waals surface area contributed by atoms with Crippen LogP contribution in [0.2, 0.25) is 0 Å². The number of piperidine rings is 1. The highest BCUT2D eigenvalue weighted by Gasteiger charge is 2.32. The van der Waals surface area contributed by atoms with Crippen molar-refractivity contribution in [2.45, 2.75) is 66.2 Å². The van der Waals surface area contributed by atoms with E-state index in [-0.39, 0.29) is 18.1 Å². The molecule has 168 valence electrons. The van der Waals surface area contributed by atoms with E-state index >= 15 is 0 Å². The van der Waals surface area contributed by atoms with Gasteiger partial charge in [-0.1, -0.05) is 39.0 Å². The zero-order valence-corrected chi connectivity index (χ0v) is 19.6. The number of ether oxygens (including phenoxy) is 1. The number of aromatic nitrogens is 1. The van der Waals surface area contributed by atoms with E-state index in [0.717, 1.165) is 43.9 Å². The normalized spacial score (nSPS) is 16.8. The Balaban J connectivity index is 1.63. The summed E-state index contributed by atoms with van der Waals surface area (Å²) in [4.78, 5) is 19.8. The van der Waals surface area contributed by atoms with Crippen LogP contribution in [0.4, 0.5) is 0 Å². The number of carbonyl (C=O) groups excluding carboxylic acids is 1. The van der Waals surface area contributed by atoms with E-state index in [1.807, 2.05) is 65.1 Å². The number of nitrogens with zero attached hydrogens (tertiary/aromatic N) is 2. The molecule has 1 unspecified atom stereocenters. The van der Waals surface area contributed by atoms with Crippen molar-refractivity contribution < 1.29 is 9.53 Å². The van der Waals surface area contributed by atoms with Gasteiger partial charge in [-0.25, -0.2) is 0 Å². The molecule has 0 spiro atoms. The van der Waals surface area contributed by atoms with Gasteiger partial charge in [-0.15, -0.1) is 0 Å². The largest absolute Gasteiger partial charge is 0.491 e. The lowest BCUT2D eigenvalue weighted by Crippen LogP contribution is -2.44. The fourth-order valence-electron chi connectivity index (χ4n) is 4.04. The number of rotatable bonds is 7. The highest BCUT2D eigenvalue weighted by atomic mass is 16.5. The Labute approximate surface area is 187 Å². The third kappa shape index (κ3) is 6.79. The minimum absolute atomic E-state index is 0.0437. The summed E-state index contributed by atoms with van der Waals surface area (Å²) in [6.07, 6.45) is 4.06. The van der Waals surface area contributed by atoms with Gasteiger partial charge in [0.25, 0.3) is 0 Å². The van der Waals surface area contributed by atoms with Crippen LogP contribution < -0.4 is 10.1 Å². The minimum Gasteiger partial charge on any atom is -0.491 e. The number of hydrogen-bond acceptors (Lipinski definition) is 4. The number of carbonyl (C=O) groups is 1. The van der Waals surface area contributed by atoms with Crippen LogP contribution >= 0.6 is 0 Å². The fourth-order valence-corrected chi connectivity index (χ4v) is 4.04. The lowest BCUT2D eigenvalue weighted by molar-refractivity contribution is -0.129. The molecule has 3 rings (SSSR count). The highest BCUT2D eigenvalue weighted by molar-refractivity contribution is 5.81. The third-order valence-corrected chi connectivity index (χ3v) is 5.75. The van der Waals surface area contributed by atoms with Crippen molar-refractivity contribution in [2.24, 2.45) is 11.3 Å². The molecule has 31 heavy (non-hydrogen) atoms. The van der Waals surface area contributed by atoms with Gasteiger partial charge in [0.1, 0.15) is 5.75 Å². The first-order chi connectivity index (χ1) is 14.7. The Kier molecular flexibility index (Phi) is 7.71. The Morgan fingerprint density at radius 2 is 1.90 bits per heavy atom. The Bertz CT molecular complexity index is 837. The van der Waals surface area contributed by atoms with E-state index in [0.29, 0.717) is 5.92 Å². The van der Waals surface area contributed by atoms with Crippen molar-refractivity contribution in [1.29, 1.82) is 0 Å². The number of nitrogens with one attached hydrogen (secondary N) is 1. The molecule has 5 heteroatoms. The van der Waals surface area contributed by atoms with Crippen molar-refractivity contribution in [1.82, 2.24) is 15.2 Å². The van der Waals surface area contributed by atoms with Crippen LogP contribution in [-0.4, -0.2) is 35.0 Å². The standard InChI is InChI=1S/C26H37N3O2/c1-19(2)31-22-10-8-9-20(17-22)18-29-15-12-21(13-16-29)24(23-11-6-7-14-27-23)28-25(30)26(3,4)5/h6-11,14,17,19,21,24H,12-13,15-16,18H2,1-5H3,(H,28,30). The van der Waals surface area contributed by atoms with Crippen LogP contribution in [0.5, 0.6) is 5.75 Å². The minimum atomic E-state index is -0.420. The maximum absolute atomic E-state index is 12.7. The molecule has 5 nitrogen and oxygen atoms in total. The molecule has 0 radical (unpaired) electrons. The molecule has 1 fully saturated rings.